The van der Waals surface area contributed by atoms with Crippen molar-refractivity contribution in [3.63, 3.8) is 0 Å². The molecule has 0 aliphatic heterocycles. The molecule has 2 aromatic carbocycles. The molecule has 3 aromatic rings. The molecular weight excluding hydrogens is 398 g/mol. The minimum atomic E-state index is -0.177. The first-order chi connectivity index (χ1) is 15.3. The van der Waals surface area contributed by atoms with Crippen molar-refractivity contribution in [3.8, 4) is 11.4 Å². The summed E-state index contributed by atoms with van der Waals surface area (Å²) < 4.78 is 8.10. The number of rotatable bonds is 6. The summed E-state index contributed by atoms with van der Waals surface area (Å²) in [5.74, 6) is 2.17. The van der Waals surface area contributed by atoms with Crippen LogP contribution in [0.4, 0.5) is 5.69 Å². The summed E-state index contributed by atoms with van der Waals surface area (Å²) in [6.07, 6.45) is 3.31. The van der Waals surface area contributed by atoms with Gasteiger partial charge in [0.25, 0.3) is 0 Å². The highest BCUT2D eigenvalue weighted by Gasteiger charge is 2.33. The Morgan fingerprint density at radius 1 is 1.12 bits per heavy atom. The highest BCUT2D eigenvalue weighted by atomic mass is 16.5. The van der Waals surface area contributed by atoms with Crippen LogP contribution in [-0.2, 0) is 16.1 Å². The fraction of sp³-hybridized carbons (Fsp3) is 0.481. The van der Waals surface area contributed by atoms with Crippen LogP contribution in [-0.4, -0.2) is 35.7 Å². The molecule has 0 N–H and O–H groups in total. The highest BCUT2D eigenvalue weighted by molar-refractivity contribution is 5.83. The number of aromatic nitrogens is 2. The van der Waals surface area contributed by atoms with Gasteiger partial charge in [-0.3, -0.25) is 4.79 Å². The monoisotopic (exact) mass is 433 g/mol. The summed E-state index contributed by atoms with van der Waals surface area (Å²) in [7, 11) is 4.05. The van der Waals surface area contributed by atoms with Gasteiger partial charge in [-0.1, -0.05) is 39.3 Å². The number of carbonyl (C=O) groups excluding carboxylic acids is 1. The second-order valence-electron chi connectivity index (χ2n) is 9.81. The molecule has 3 atom stereocenters. The summed E-state index contributed by atoms with van der Waals surface area (Å²) in [4.78, 5) is 20.1. The first-order valence-corrected chi connectivity index (χ1v) is 11.8. The van der Waals surface area contributed by atoms with Crippen LogP contribution in [0.25, 0.3) is 22.4 Å². The number of hydrogen-bond donors (Lipinski definition) is 0. The lowest BCUT2D eigenvalue weighted by atomic mass is 9.75. The van der Waals surface area contributed by atoms with Crippen molar-refractivity contribution in [2.75, 3.05) is 19.0 Å². The molecule has 0 bridgehead atoms. The van der Waals surface area contributed by atoms with Crippen LogP contribution in [0, 0.1) is 17.8 Å². The molecule has 0 radical (unpaired) electrons. The Bertz CT molecular complexity index is 1070. The number of ether oxygens (including phenoxy) is 1. The fourth-order valence-corrected chi connectivity index (χ4v) is 4.95. The van der Waals surface area contributed by atoms with Crippen LogP contribution in [0.2, 0.25) is 0 Å². The number of anilines is 1. The van der Waals surface area contributed by atoms with Crippen LogP contribution in [0.1, 0.15) is 40.0 Å². The van der Waals surface area contributed by atoms with E-state index in [1.165, 1.54) is 6.42 Å². The van der Waals surface area contributed by atoms with Gasteiger partial charge in [0.2, 0.25) is 0 Å². The third-order valence-corrected chi connectivity index (χ3v) is 6.83. The molecule has 0 saturated heterocycles. The van der Waals surface area contributed by atoms with E-state index in [1.54, 1.807) is 0 Å². The van der Waals surface area contributed by atoms with Gasteiger partial charge in [0, 0.05) is 25.3 Å². The number of benzene rings is 2. The van der Waals surface area contributed by atoms with Gasteiger partial charge in [-0.15, -0.1) is 0 Å². The summed E-state index contributed by atoms with van der Waals surface area (Å²) >= 11 is 0. The standard InChI is InChI=1S/C27H35N3O2/c1-18(2)22-15-10-19(3)16-25(22)32-26(31)17-30-24-9-7-6-8-23(24)28-27(30)20-11-13-21(14-12-20)29(4)5/h6-9,11-14,18-19,22,25H,10,15-17H2,1-5H3/t19-,22+,25-/m1/s1. The second-order valence-corrected chi connectivity index (χ2v) is 9.81. The number of imidazole rings is 1. The van der Waals surface area contributed by atoms with E-state index in [0.717, 1.165) is 41.0 Å². The predicted molar refractivity (Wildman–Crippen MR) is 131 cm³/mol. The van der Waals surface area contributed by atoms with E-state index < -0.39 is 0 Å². The number of para-hydroxylation sites is 2. The Morgan fingerprint density at radius 3 is 2.53 bits per heavy atom. The molecule has 1 saturated carbocycles. The Labute approximate surface area is 191 Å². The van der Waals surface area contributed by atoms with Crippen molar-refractivity contribution in [3.05, 3.63) is 48.5 Å². The maximum atomic E-state index is 13.1. The van der Waals surface area contributed by atoms with Gasteiger partial charge in [-0.25, -0.2) is 4.98 Å². The SMILES string of the molecule is CC(C)[C@@H]1CC[C@@H](C)C[C@H]1OC(=O)Cn1c(-c2ccc(N(C)C)cc2)nc2ccccc21. The van der Waals surface area contributed by atoms with Crippen LogP contribution in [0.15, 0.2) is 48.5 Å². The molecule has 5 heteroatoms. The maximum Gasteiger partial charge on any atom is 0.326 e. The lowest BCUT2D eigenvalue weighted by Crippen LogP contribution is -2.36. The molecule has 0 unspecified atom stereocenters. The van der Waals surface area contributed by atoms with E-state index in [2.05, 4.69) is 49.9 Å². The summed E-state index contributed by atoms with van der Waals surface area (Å²) in [5.41, 5.74) is 3.96. The van der Waals surface area contributed by atoms with Crippen LogP contribution in [0.5, 0.6) is 0 Å². The molecule has 1 aromatic heterocycles. The summed E-state index contributed by atoms with van der Waals surface area (Å²) in [6.45, 7) is 6.90. The topological polar surface area (TPSA) is 47.4 Å². The van der Waals surface area contributed by atoms with Crippen molar-refractivity contribution in [1.29, 1.82) is 0 Å². The summed E-state index contributed by atoms with van der Waals surface area (Å²) in [5, 5.41) is 0. The van der Waals surface area contributed by atoms with E-state index >= 15 is 0 Å². The lowest BCUT2D eigenvalue weighted by Gasteiger charge is -2.36. The van der Waals surface area contributed by atoms with E-state index in [9.17, 15) is 4.79 Å². The van der Waals surface area contributed by atoms with Crippen LogP contribution >= 0.6 is 0 Å². The minimum Gasteiger partial charge on any atom is -0.461 e. The van der Waals surface area contributed by atoms with Gasteiger partial charge in [-0.2, -0.15) is 0 Å². The zero-order chi connectivity index (χ0) is 22.8. The van der Waals surface area contributed by atoms with Crippen LogP contribution in [0.3, 0.4) is 0 Å². The van der Waals surface area contributed by atoms with Gasteiger partial charge in [-0.05, 0) is 67.0 Å². The number of nitrogens with zero attached hydrogens (tertiary/aromatic N) is 3. The largest absolute Gasteiger partial charge is 0.461 e. The average Bonchev–Trinajstić information content (AvgIpc) is 3.12. The number of carbonyl (C=O) groups is 1. The Morgan fingerprint density at radius 2 is 1.84 bits per heavy atom. The molecule has 0 spiro atoms. The second kappa shape index (κ2) is 9.35. The molecule has 1 aliphatic rings. The quantitative estimate of drug-likeness (QED) is 0.463. The molecule has 1 fully saturated rings. The van der Waals surface area contributed by atoms with Crippen molar-refractivity contribution in [1.82, 2.24) is 9.55 Å². The Balaban J connectivity index is 1.62. The van der Waals surface area contributed by atoms with Gasteiger partial charge in [0.15, 0.2) is 0 Å². The van der Waals surface area contributed by atoms with Crippen molar-refractivity contribution in [2.24, 2.45) is 17.8 Å². The number of fused-ring (bicyclic) bond motifs is 1. The zero-order valence-electron chi connectivity index (χ0n) is 19.9. The van der Waals surface area contributed by atoms with Gasteiger partial charge < -0.3 is 14.2 Å². The van der Waals surface area contributed by atoms with Crippen molar-refractivity contribution in [2.45, 2.75) is 52.7 Å². The minimum absolute atomic E-state index is 0.00357. The molecule has 5 nitrogen and oxygen atoms in total. The predicted octanol–water partition coefficient (Wildman–Crippen LogP) is 5.77. The third-order valence-electron chi connectivity index (χ3n) is 6.83. The van der Waals surface area contributed by atoms with E-state index in [0.29, 0.717) is 17.8 Å². The normalized spacial score (nSPS) is 21.1. The van der Waals surface area contributed by atoms with Crippen molar-refractivity contribution >= 4 is 22.7 Å². The van der Waals surface area contributed by atoms with E-state index in [4.69, 9.17) is 9.72 Å². The lowest BCUT2D eigenvalue weighted by molar-refractivity contribution is -0.156. The maximum absolute atomic E-state index is 13.1. The number of hydrogen-bond acceptors (Lipinski definition) is 4. The average molecular weight is 434 g/mol. The molecule has 0 amide bonds. The molecule has 1 heterocycles. The first kappa shape index (κ1) is 22.4. The first-order valence-electron chi connectivity index (χ1n) is 11.8. The summed E-state index contributed by atoms with van der Waals surface area (Å²) in [6, 6.07) is 16.3. The van der Waals surface area contributed by atoms with E-state index in [1.807, 2.05) is 42.9 Å². The molecular formula is C27H35N3O2. The smallest absolute Gasteiger partial charge is 0.326 e. The van der Waals surface area contributed by atoms with Gasteiger partial charge in [0.1, 0.15) is 18.5 Å². The van der Waals surface area contributed by atoms with E-state index in [-0.39, 0.29) is 18.6 Å². The highest BCUT2D eigenvalue weighted by Crippen LogP contribution is 2.35. The zero-order valence-corrected chi connectivity index (χ0v) is 19.9. The number of esters is 1. The molecule has 4 rings (SSSR count). The fourth-order valence-electron chi connectivity index (χ4n) is 4.95. The molecule has 170 valence electrons. The van der Waals surface area contributed by atoms with Gasteiger partial charge in [0.05, 0.1) is 11.0 Å². The molecule has 1 aliphatic carbocycles. The van der Waals surface area contributed by atoms with Gasteiger partial charge >= 0.3 is 5.97 Å². The Kier molecular flexibility index (Phi) is 6.54. The molecule has 32 heavy (non-hydrogen) atoms. The van der Waals surface area contributed by atoms with Crippen LogP contribution < -0.4 is 4.90 Å². The Hall–Kier alpha value is -2.82. The van der Waals surface area contributed by atoms with Crippen molar-refractivity contribution < 1.29 is 9.53 Å². The third kappa shape index (κ3) is 4.67.